The van der Waals surface area contributed by atoms with E-state index in [0.29, 0.717) is 26.2 Å². The molecule has 0 bridgehead atoms. The molecule has 0 aromatic carbocycles. The summed E-state index contributed by atoms with van der Waals surface area (Å²) in [5.74, 6) is 0. The summed E-state index contributed by atoms with van der Waals surface area (Å²) in [7, 11) is -3.16. The van der Waals surface area contributed by atoms with Crippen LogP contribution in [0.15, 0.2) is 0 Å². The van der Waals surface area contributed by atoms with E-state index in [1.807, 2.05) is 0 Å². The smallest absolute Gasteiger partial charge is 0.221 e. The Balaban J connectivity index is 1.76. The predicted octanol–water partition coefficient (Wildman–Crippen LogP) is -0.0742. The Morgan fingerprint density at radius 2 is 2.07 bits per heavy atom. The molecule has 0 spiro atoms. The minimum Gasteiger partial charge on any atom is -0.380 e. The summed E-state index contributed by atoms with van der Waals surface area (Å²) in [6.07, 6.45) is 2.37. The van der Waals surface area contributed by atoms with Gasteiger partial charge in [-0.15, -0.1) is 0 Å². The lowest BCUT2D eigenvalue weighted by molar-refractivity contribution is 0.0785. The zero-order chi connectivity index (χ0) is 10.5. The Kier molecular flexibility index (Phi) is 2.28. The van der Waals surface area contributed by atoms with Crippen LogP contribution in [-0.2, 0) is 19.5 Å². The highest BCUT2D eigenvalue weighted by Crippen LogP contribution is 2.41. The van der Waals surface area contributed by atoms with Crippen LogP contribution in [0.4, 0.5) is 0 Å². The minimum atomic E-state index is -3.16. The second-order valence-corrected chi connectivity index (χ2v) is 6.45. The van der Waals surface area contributed by atoms with Gasteiger partial charge in [-0.2, -0.15) is 4.31 Å². The average Bonchev–Trinajstić information content (AvgIpc) is 2.71. The fourth-order valence-electron chi connectivity index (χ4n) is 2.44. The van der Waals surface area contributed by atoms with Crippen LogP contribution < -0.4 is 0 Å². The van der Waals surface area contributed by atoms with Crippen LogP contribution in [0.25, 0.3) is 0 Å². The lowest BCUT2D eigenvalue weighted by Crippen LogP contribution is -2.29. The van der Waals surface area contributed by atoms with Crippen molar-refractivity contribution in [2.24, 2.45) is 0 Å². The third-order valence-electron chi connectivity index (χ3n) is 3.35. The number of hydrogen-bond acceptors (Lipinski definition) is 4. The predicted molar refractivity (Wildman–Crippen MR) is 52.7 cm³/mol. The summed E-state index contributed by atoms with van der Waals surface area (Å²) in [4.78, 5) is 0. The molecule has 3 rings (SSSR count). The van der Waals surface area contributed by atoms with Crippen molar-refractivity contribution in [2.75, 3.05) is 19.8 Å². The molecule has 5 nitrogen and oxygen atoms in total. The van der Waals surface area contributed by atoms with Gasteiger partial charge in [-0.1, -0.05) is 0 Å². The monoisotopic (exact) mass is 233 g/mol. The summed E-state index contributed by atoms with van der Waals surface area (Å²) in [5, 5.41) is -0.341. The van der Waals surface area contributed by atoms with Crippen LogP contribution in [0.1, 0.15) is 19.3 Å². The van der Waals surface area contributed by atoms with Gasteiger partial charge in [-0.25, -0.2) is 8.42 Å². The zero-order valence-corrected chi connectivity index (χ0v) is 9.28. The van der Waals surface area contributed by atoms with Crippen LogP contribution in [0.3, 0.4) is 0 Å². The third-order valence-corrected chi connectivity index (χ3v) is 5.63. The Morgan fingerprint density at radius 3 is 2.67 bits per heavy atom. The first kappa shape index (κ1) is 10.0. The molecule has 4 atom stereocenters. The van der Waals surface area contributed by atoms with E-state index < -0.39 is 10.0 Å². The van der Waals surface area contributed by atoms with Crippen LogP contribution in [0.2, 0.25) is 0 Å². The quantitative estimate of drug-likeness (QED) is 0.626. The molecule has 0 aromatic rings. The van der Waals surface area contributed by atoms with Gasteiger partial charge in [-0.3, -0.25) is 0 Å². The summed E-state index contributed by atoms with van der Waals surface area (Å²) >= 11 is 0. The van der Waals surface area contributed by atoms with Crippen molar-refractivity contribution in [3.8, 4) is 0 Å². The molecule has 0 aromatic heterocycles. The molecule has 15 heavy (non-hydrogen) atoms. The lowest BCUT2D eigenvalue weighted by Gasteiger charge is -2.10. The van der Waals surface area contributed by atoms with Crippen LogP contribution >= 0.6 is 0 Å². The molecular formula is C9H15NO4S. The van der Waals surface area contributed by atoms with E-state index >= 15 is 0 Å². The number of ether oxygens (including phenoxy) is 2. The maximum atomic E-state index is 12.1. The van der Waals surface area contributed by atoms with E-state index in [1.165, 1.54) is 0 Å². The van der Waals surface area contributed by atoms with E-state index in [2.05, 4.69) is 0 Å². The van der Waals surface area contributed by atoms with Gasteiger partial charge in [0, 0.05) is 13.2 Å². The van der Waals surface area contributed by atoms with E-state index in [1.54, 1.807) is 4.31 Å². The number of fused-ring (bicyclic) bond motifs is 1. The lowest BCUT2D eigenvalue weighted by atomic mass is 10.2. The average molecular weight is 233 g/mol. The van der Waals surface area contributed by atoms with Crippen molar-refractivity contribution in [1.29, 1.82) is 0 Å². The number of hydrogen-bond donors (Lipinski definition) is 0. The van der Waals surface area contributed by atoms with Gasteiger partial charge in [0.05, 0.1) is 12.6 Å². The first-order valence-electron chi connectivity index (χ1n) is 5.43. The second kappa shape index (κ2) is 3.41. The zero-order valence-electron chi connectivity index (χ0n) is 8.46. The van der Waals surface area contributed by atoms with Crippen molar-refractivity contribution in [1.82, 2.24) is 4.31 Å². The molecular weight excluding hydrogens is 218 g/mol. The fourth-order valence-corrected chi connectivity index (χ4v) is 4.47. The second-order valence-electron chi connectivity index (χ2n) is 4.33. The SMILES string of the molecule is O=S(=O)(C1CCOC1)N1C2CCCOC21. The summed E-state index contributed by atoms with van der Waals surface area (Å²) in [6.45, 7) is 1.60. The number of rotatable bonds is 2. The van der Waals surface area contributed by atoms with Gasteiger partial charge in [-0.05, 0) is 19.3 Å². The van der Waals surface area contributed by atoms with E-state index in [9.17, 15) is 8.42 Å². The van der Waals surface area contributed by atoms with E-state index in [0.717, 1.165) is 12.8 Å². The first-order valence-corrected chi connectivity index (χ1v) is 6.93. The fraction of sp³-hybridized carbons (Fsp3) is 1.00. The first-order chi connectivity index (χ1) is 7.21. The van der Waals surface area contributed by atoms with Crippen LogP contribution in [0, 0.1) is 0 Å². The Labute approximate surface area is 89.4 Å². The third kappa shape index (κ3) is 1.51. The molecule has 3 aliphatic heterocycles. The van der Waals surface area contributed by atoms with Crippen molar-refractivity contribution in [3.05, 3.63) is 0 Å². The van der Waals surface area contributed by atoms with Gasteiger partial charge in [0.2, 0.25) is 10.0 Å². The van der Waals surface area contributed by atoms with Crippen molar-refractivity contribution < 1.29 is 17.9 Å². The van der Waals surface area contributed by atoms with Crippen LogP contribution in [-0.4, -0.2) is 50.1 Å². The Hall–Kier alpha value is -0.170. The van der Waals surface area contributed by atoms with Gasteiger partial charge < -0.3 is 9.47 Å². The topological polar surface area (TPSA) is 55.6 Å². The van der Waals surface area contributed by atoms with E-state index in [4.69, 9.17) is 9.47 Å². The molecule has 0 N–H and O–H groups in total. The van der Waals surface area contributed by atoms with Gasteiger partial charge >= 0.3 is 0 Å². The van der Waals surface area contributed by atoms with Crippen molar-refractivity contribution in [3.63, 3.8) is 0 Å². The molecule has 3 saturated heterocycles. The largest absolute Gasteiger partial charge is 0.380 e. The molecule has 0 aliphatic carbocycles. The highest BCUT2D eigenvalue weighted by atomic mass is 32.2. The van der Waals surface area contributed by atoms with Crippen molar-refractivity contribution in [2.45, 2.75) is 36.8 Å². The molecule has 0 radical (unpaired) electrons. The van der Waals surface area contributed by atoms with Crippen LogP contribution in [0.5, 0.6) is 0 Å². The maximum absolute atomic E-state index is 12.1. The minimum absolute atomic E-state index is 0.115. The number of nitrogens with zero attached hydrogens (tertiary/aromatic N) is 1. The number of sulfonamides is 1. The highest BCUT2D eigenvalue weighted by molar-refractivity contribution is 7.90. The molecule has 0 saturated carbocycles. The van der Waals surface area contributed by atoms with Gasteiger partial charge in [0.25, 0.3) is 0 Å². The molecule has 3 fully saturated rings. The highest BCUT2D eigenvalue weighted by Gasteiger charge is 2.59. The summed E-state index contributed by atoms with van der Waals surface area (Å²) in [6, 6.07) is 0.115. The van der Waals surface area contributed by atoms with Crippen molar-refractivity contribution >= 4 is 10.0 Å². The van der Waals surface area contributed by atoms with Gasteiger partial charge in [0.1, 0.15) is 11.5 Å². The molecule has 4 unspecified atom stereocenters. The summed E-state index contributed by atoms with van der Waals surface area (Å²) in [5.41, 5.74) is 0. The summed E-state index contributed by atoms with van der Waals surface area (Å²) < 4.78 is 36.3. The molecule has 3 aliphatic rings. The molecule has 86 valence electrons. The molecule has 6 heteroatoms. The normalized spacial score (nSPS) is 45.1. The molecule has 0 amide bonds. The standard InChI is InChI=1S/C9H15NO4S/c11-15(12,7-3-5-13-6-7)10-8-2-1-4-14-9(8)10/h7-9H,1-6H2. The molecule has 3 heterocycles. The van der Waals surface area contributed by atoms with E-state index in [-0.39, 0.29) is 17.5 Å². The Bertz CT molecular complexity index is 337. The maximum Gasteiger partial charge on any atom is 0.221 e. The van der Waals surface area contributed by atoms with Gasteiger partial charge in [0.15, 0.2) is 0 Å². The Morgan fingerprint density at radius 1 is 1.20 bits per heavy atom.